The predicted octanol–water partition coefficient (Wildman–Crippen LogP) is 8.05. The SMILES string of the molecule is O=[N+]([O-])c1ccccc1S[C@H]1C[C@@H]2[C@@H](c3cc(Cl)ccc3N[C@H]2c2ccccc2Br)[C@H]1Cl. The van der Waals surface area contributed by atoms with Crippen LogP contribution in [0.4, 0.5) is 11.4 Å². The van der Waals surface area contributed by atoms with Crippen molar-refractivity contribution in [3.63, 3.8) is 0 Å². The van der Waals surface area contributed by atoms with Crippen molar-refractivity contribution in [1.29, 1.82) is 0 Å². The molecule has 2 aliphatic rings. The van der Waals surface area contributed by atoms with E-state index in [-0.39, 0.29) is 39.1 Å². The summed E-state index contributed by atoms with van der Waals surface area (Å²) in [7, 11) is 0. The van der Waals surface area contributed by atoms with Gasteiger partial charge in [-0.2, -0.15) is 0 Å². The molecule has 0 radical (unpaired) electrons. The number of hydrogen-bond donors (Lipinski definition) is 1. The highest BCUT2D eigenvalue weighted by Gasteiger charge is 2.50. The Morgan fingerprint density at radius 1 is 1.06 bits per heavy atom. The second kappa shape index (κ2) is 8.90. The summed E-state index contributed by atoms with van der Waals surface area (Å²) in [5.41, 5.74) is 3.47. The summed E-state index contributed by atoms with van der Waals surface area (Å²) in [6.45, 7) is 0. The molecular weight excluding hydrogens is 531 g/mol. The van der Waals surface area contributed by atoms with E-state index < -0.39 is 0 Å². The number of rotatable bonds is 4. The number of nitrogens with zero attached hydrogens (tertiary/aromatic N) is 1. The number of benzene rings is 3. The van der Waals surface area contributed by atoms with E-state index in [1.807, 2.05) is 42.5 Å². The van der Waals surface area contributed by atoms with Crippen molar-refractivity contribution in [3.8, 4) is 0 Å². The van der Waals surface area contributed by atoms with Gasteiger partial charge in [0.25, 0.3) is 5.69 Å². The summed E-state index contributed by atoms with van der Waals surface area (Å²) in [6, 6.07) is 21.1. The molecule has 1 aliphatic heterocycles. The van der Waals surface area contributed by atoms with Gasteiger partial charge in [0.1, 0.15) is 0 Å². The molecule has 164 valence electrons. The third-order valence-electron chi connectivity index (χ3n) is 6.36. The maximum Gasteiger partial charge on any atom is 0.282 e. The zero-order chi connectivity index (χ0) is 22.4. The van der Waals surface area contributed by atoms with Crippen LogP contribution in [0, 0.1) is 16.0 Å². The van der Waals surface area contributed by atoms with Gasteiger partial charge in [0.15, 0.2) is 0 Å². The Hall–Kier alpha value is -1.73. The molecule has 5 atom stereocenters. The number of alkyl halides is 1. The van der Waals surface area contributed by atoms with Crippen LogP contribution in [0.3, 0.4) is 0 Å². The first kappa shape index (κ1) is 22.1. The zero-order valence-corrected chi connectivity index (χ0v) is 20.7. The Morgan fingerprint density at radius 3 is 2.59 bits per heavy atom. The van der Waals surface area contributed by atoms with Gasteiger partial charge in [-0.15, -0.1) is 23.4 Å². The lowest BCUT2D eigenvalue weighted by molar-refractivity contribution is -0.387. The number of fused-ring (bicyclic) bond motifs is 3. The molecular formula is C24H19BrCl2N2O2S. The number of halogens is 3. The van der Waals surface area contributed by atoms with E-state index in [0.29, 0.717) is 9.92 Å². The number of thioether (sulfide) groups is 1. The van der Waals surface area contributed by atoms with Crippen molar-refractivity contribution in [3.05, 3.63) is 97.5 Å². The van der Waals surface area contributed by atoms with Crippen molar-refractivity contribution in [1.82, 2.24) is 0 Å². The monoisotopic (exact) mass is 548 g/mol. The molecule has 0 unspecified atom stereocenters. The third kappa shape index (κ3) is 3.92. The van der Waals surface area contributed by atoms with E-state index in [1.165, 1.54) is 17.3 Å². The molecule has 1 heterocycles. The van der Waals surface area contributed by atoms with Crippen LogP contribution in [0.25, 0.3) is 0 Å². The fourth-order valence-electron chi connectivity index (χ4n) is 4.99. The topological polar surface area (TPSA) is 55.2 Å². The van der Waals surface area contributed by atoms with Gasteiger partial charge >= 0.3 is 0 Å². The molecule has 1 saturated carbocycles. The lowest BCUT2D eigenvalue weighted by Gasteiger charge is -2.38. The van der Waals surface area contributed by atoms with Gasteiger partial charge in [0.05, 0.1) is 21.2 Å². The van der Waals surface area contributed by atoms with Crippen LogP contribution in [-0.4, -0.2) is 15.6 Å². The van der Waals surface area contributed by atoms with Crippen molar-refractivity contribution in [2.45, 2.75) is 33.9 Å². The smallest absolute Gasteiger partial charge is 0.282 e. The molecule has 0 spiro atoms. The Kier molecular flexibility index (Phi) is 6.14. The third-order valence-corrected chi connectivity index (χ3v) is 9.43. The summed E-state index contributed by atoms with van der Waals surface area (Å²) in [6.07, 6.45) is 0.834. The minimum Gasteiger partial charge on any atom is -0.378 e. The molecule has 3 aromatic rings. The second-order valence-corrected chi connectivity index (χ2v) is 11.2. The van der Waals surface area contributed by atoms with E-state index in [9.17, 15) is 10.1 Å². The number of nitro groups is 1. The first-order valence-corrected chi connectivity index (χ1v) is 12.8. The molecule has 32 heavy (non-hydrogen) atoms. The number of nitro benzene ring substituents is 1. The van der Waals surface area contributed by atoms with Crippen LogP contribution in [0.15, 0.2) is 76.1 Å². The van der Waals surface area contributed by atoms with Gasteiger partial charge in [0, 0.05) is 32.4 Å². The molecule has 3 aromatic carbocycles. The lowest BCUT2D eigenvalue weighted by Crippen LogP contribution is -2.31. The summed E-state index contributed by atoms with van der Waals surface area (Å²) < 4.78 is 1.05. The minimum atomic E-state index is -0.325. The summed E-state index contributed by atoms with van der Waals surface area (Å²) in [5, 5.41) is 15.8. The van der Waals surface area contributed by atoms with E-state index in [4.69, 9.17) is 23.2 Å². The first-order chi connectivity index (χ1) is 15.4. The molecule has 4 nitrogen and oxygen atoms in total. The number of hydrogen-bond acceptors (Lipinski definition) is 4. The maximum absolute atomic E-state index is 11.5. The van der Waals surface area contributed by atoms with E-state index in [2.05, 4.69) is 33.4 Å². The molecule has 0 amide bonds. The molecule has 0 saturated heterocycles. The molecule has 1 aliphatic carbocycles. The van der Waals surface area contributed by atoms with E-state index in [0.717, 1.165) is 22.1 Å². The van der Waals surface area contributed by atoms with Crippen molar-refractivity contribution in [2.75, 3.05) is 5.32 Å². The van der Waals surface area contributed by atoms with Gasteiger partial charge < -0.3 is 5.32 Å². The van der Waals surface area contributed by atoms with E-state index in [1.54, 1.807) is 12.1 Å². The summed E-state index contributed by atoms with van der Waals surface area (Å²) >= 11 is 18.7. The Balaban J connectivity index is 1.55. The molecule has 8 heteroatoms. The van der Waals surface area contributed by atoms with Gasteiger partial charge in [-0.3, -0.25) is 10.1 Å². The Labute approximate surface area is 209 Å². The van der Waals surface area contributed by atoms with Gasteiger partial charge in [-0.05, 0) is 53.8 Å². The molecule has 0 aromatic heterocycles. The minimum absolute atomic E-state index is 0.0319. The highest BCUT2D eigenvalue weighted by atomic mass is 79.9. The number of anilines is 1. The van der Waals surface area contributed by atoms with Crippen molar-refractivity contribution < 1.29 is 4.92 Å². The van der Waals surface area contributed by atoms with Crippen LogP contribution in [-0.2, 0) is 0 Å². The summed E-state index contributed by atoms with van der Waals surface area (Å²) in [4.78, 5) is 11.9. The highest BCUT2D eigenvalue weighted by Crippen LogP contribution is 2.58. The van der Waals surface area contributed by atoms with Crippen LogP contribution >= 0.6 is 50.9 Å². The van der Waals surface area contributed by atoms with Gasteiger partial charge in [-0.25, -0.2) is 0 Å². The number of nitrogens with one attached hydrogen (secondary N) is 1. The largest absolute Gasteiger partial charge is 0.378 e. The predicted molar refractivity (Wildman–Crippen MR) is 135 cm³/mol. The standard InChI is InChI=1S/C24H19BrCl2N2O2S/c25-17-6-2-1-5-14(17)24-16-12-21(32-20-8-4-3-7-19(20)29(30)31)23(27)22(16)15-11-13(26)9-10-18(15)28-24/h1-11,16,21-24,28H,12H2/t16-,21+,22-,23+,24+/m1/s1. The maximum atomic E-state index is 11.5. The zero-order valence-electron chi connectivity index (χ0n) is 16.8. The van der Waals surface area contributed by atoms with Crippen LogP contribution < -0.4 is 5.32 Å². The van der Waals surface area contributed by atoms with Crippen LogP contribution in [0.1, 0.15) is 29.5 Å². The molecule has 1 fully saturated rings. The molecule has 5 rings (SSSR count). The quantitative estimate of drug-likeness (QED) is 0.203. The fraction of sp³-hybridized carbons (Fsp3) is 0.250. The van der Waals surface area contributed by atoms with Crippen LogP contribution in [0.5, 0.6) is 0 Å². The fourth-order valence-corrected chi connectivity index (χ4v) is 7.65. The molecule has 1 N–H and O–H groups in total. The van der Waals surface area contributed by atoms with Crippen molar-refractivity contribution >= 4 is 62.3 Å². The summed E-state index contributed by atoms with van der Waals surface area (Å²) in [5.74, 6) is 0.312. The average molecular weight is 550 g/mol. The van der Waals surface area contributed by atoms with Gasteiger partial charge in [0.2, 0.25) is 0 Å². The average Bonchev–Trinajstić information content (AvgIpc) is 3.10. The normalized spacial score (nSPS) is 26.2. The second-order valence-electron chi connectivity index (χ2n) is 8.13. The highest BCUT2D eigenvalue weighted by molar-refractivity contribution is 9.10. The van der Waals surface area contributed by atoms with Gasteiger partial charge in [-0.1, -0.05) is 57.9 Å². The Morgan fingerprint density at radius 2 is 1.81 bits per heavy atom. The lowest BCUT2D eigenvalue weighted by atomic mass is 9.77. The van der Waals surface area contributed by atoms with Crippen LogP contribution in [0.2, 0.25) is 5.02 Å². The van der Waals surface area contributed by atoms with Crippen molar-refractivity contribution in [2.24, 2.45) is 5.92 Å². The Bertz CT molecular complexity index is 1190. The number of para-hydroxylation sites is 1. The van der Waals surface area contributed by atoms with E-state index >= 15 is 0 Å². The first-order valence-electron chi connectivity index (χ1n) is 10.3. The molecule has 0 bridgehead atoms.